The SMILES string of the molecule is COc1ccc([N+](=O)[O-])cc1C(C)(C)C#N. The summed E-state index contributed by atoms with van der Waals surface area (Å²) in [5, 5.41) is 19.7. The quantitative estimate of drug-likeness (QED) is 0.579. The van der Waals surface area contributed by atoms with Crippen LogP contribution in [0, 0.1) is 21.4 Å². The zero-order valence-corrected chi connectivity index (χ0v) is 9.35. The number of nitro benzene ring substituents is 1. The highest BCUT2D eigenvalue weighted by Gasteiger charge is 2.26. The van der Waals surface area contributed by atoms with E-state index in [0.29, 0.717) is 11.3 Å². The van der Waals surface area contributed by atoms with Gasteiger partial charge in [-0.2, -0.15) is 5.26 Å². The zero-order valence-electron chi connectivity index (χ0n) is 9.35. The number of non-ortho nitro benzene ring substituents is 1. The Hall–Kier alpha value is -2.09. The molecule has 0 aromatic heterocycles. The molecule has 5 nitrogen and oxygen atoms in total. The predicted molar refractivity (Wildman–Crippen MR) is 58.3 cm³/mol. The second-order valence-electron chi connectivity index (χ2n) is 3.88. The summed E-state index contributed by atoms with van der Waals surface area (Å²) >= 11 is 0. The molecule has 0 unspecified atom stereocenters. The van der Waals surface area contributed by atoms with Crippen molar-refractivity contribution in [2.24, 2.45) is 0 Å². The predicted octanol–water partition coefficient (Wildman–Crippen LogP) is 2.40. The number of nitro groups is 1. The van der Waals surface area contributed by atoms with Crippen molar-refractivity contribution < 1.29 is 9.66 Å². The van der Waals surface area contributed by atoms with Gasteiger partial charge in [-0.15, -0.1) is 0 Å². The molecule has 0 N–H and O–H groups in total. The monoisotopic (exact) mass is 220 g/mol. The molecule has 0 aliphatic rings. The molecule has 1 aromatic carbocycles. The molecule has 0 saturated heterocycles. The van der Waals surface area contributed by atoms with E-state index in [-0.39, 0.29) is 5.69 Å². The molecule has 0 saturated carbocycles. The Labute approximate surface area is 93.4 Å². The highest BCUT2D eigenvalue weighted by atomic mass is 16.6. The van der Waals surface area contributed by atoms with Crippen molar-refractivity contribution in [3.63, 3.8) is 0 Å². The topological polar surface area (TPSA) is 76.2 Å². The van der Waals surface area contributed by atoms with Crippen molar-refractivity contribution in [1.29, 1.82) is 5.26 Å². The lowest BCUT2D eigenvalue weighted by atomic mass is 9.85. The van der Waals surface area contributed by atoms with E-state index < -0.39 is 10.3 Å². The Balaban J connectivity index is 3.40. The molecule has 1 rings (SSSR count). The van der Waals surface area contributed by atoms with Gasteiger partial charge in [0.25, 0.3) is 5.69 Å². The van der Waals surface area contributed by atoms with Gasteiger partial charge < -0.3 is 4.74 Å². The van der Waals surface area contributed by atoms with Crippen LogP contribution in [0.1, 0.15) is 19.4 Å². The molecular weight excluding hydrogens is 208 g/mol. The van der Waals surface area contributed by atoms with Crippen LogP contribution in [-0.4, -0.2) is 12.0 Å². The average molecular weight is 220 g/mol. The fourth-order valence-electron chi connectivity index (χ4n) is 1.36. The number of nitriles is 1. The summed E-state index contributed by atoms with van der Waals surface area (Å²) in [6.07, 6.45) is 0. The third kappa shape index (κ3) is 2.11. The second-order valence-corrected chi connectivity index (χ2v) is 3.88. The van der Waals surface area contributed by atoms with Crippen LogP contribution in [0.5, 0.6) is 5.75 Å². The normalized spacial score (nSPS) is 10.6. The Morgan fingerprint density at radius 1 is 1.50 bits per heavy atom. The van der Waals surface area contributed by atoms with Gasteiger partial charge >= 0.3 is 0 Å². The molecule has 1 aromatic rings. The van der Waals surface area contributed by atoms with Crippen molar-refractivity contribution in [3.8, 4) is 11.8 Å². The largest absolute Gasteiger partial charge is 0.496 e. The number of rotatable bonds is 3. The Morgan fingerprint density at radius 3 is 2.56 bits per heavy atom. The van der Waals surface area contributed by atoms with E-state index in [4.69, 9.17) is 10.00 Å². The first-order chi connectivity index (χ1) is 7.42. The highest BCUT2D eigenvalue weighted by Crippen LogP contribution is 2.33. The van der Waals surface area contributed by atoms with Crippen LogP contribution in [0.25, 0.3) is 0 Å². The van der Waals surface area contributed by atoms with Gasteiger partial charge in [0, 0.05) is 17.7 Å². The van der Waals surface area contributed by atoms with E-state index in [0.717, 1.165) is 0 Å². The molecule has 0 spiro atoms. The number of benzene rings is 1. The lowest BCUT2D eigenvalue weighted by Gasteiger charge is -2.18. The molecular formula is C11H12N2O3. The van der Waals surface area contributed by atoms with Crippen LogP contribution < -0.4 is 4.74 Å². The van der Waals surface area contributed by atoms with Gasteiger partial charge in [0.05, 0.1) is 23.5 Å². The van der Waals surface area contributed by atoms with Gasteiger partial charge in [0.1, 0.15) is 5.75 Å². The molecule has 0 aliphatic heterocycles. The first-order valence-electron chi connectivity index (χ1n) is 4.66. The molecule has 0 radical (unpaired) electrons. The second kappa shape index (κ2) is 4.19. The van der Waals surface area contributed by atoms with Crippen molar-refractivity contribution in [1.82, 2.24) is 0 Å². The summed E-state index contributed by atoms with van der Waals surface area (Å²) < 4.78 is 5.09. The molecule has 0 heterocycles. The lowest BCUT2D eigenvalue weighted by Crippen LogP contribution is -2.15. The van der Waals surface area contributed by atoms with Gasteiger partial charge in [0.2, 0.25) is 0 Å². The van der Waals surface area contributed by atoms with Crippen LogP contribution in [-0.2, 0) is 5.41 Å². The molecule has 16 heavy (non-hydrogen) atoms. The van der Waals surface area contributed by atoms with Gasteiger partial charge in [-0.05, 0) is 19.9 Å². The van der Waals surface area contributed by atoms with Gasteiger partial charge in [0.15, 0.2) is 0 Å². The maximum Gasteiger partial charge on any atom is 0.270 e. The van der Waals surface area contributed by atoms with Crippen molar-refractivity contribution in [2.45, 2.75) is 19.3 Å². The number of hydrogen-bond donors (Lipinski definition) is 0. The summed E-state index contributed by atoms with van der Waals surface area (Å²) in [5.74, 6) is 0.483. The molecule has 0 amide bonds. The fraction of sp³-hybridized carbons (Fsp3) is 0.364. The van der Waals surface area contributed by atoms with E-state index in [1.54, 1.807) is 13.8 Å². The van der Waals surface area contributed by atoms with Gasteiger partial charge in [-0.3, -0.25) is 10.1 Å². The molecule has 0 fully saturated rings. The zero-order chi connectivity index (χ0) is 12.3. The molecule has 0 bridgehead atoms. The number of ether oxygens (including phenoxy) is 1. The van der Waals surface area contributed by atoms with Crippen molar-refractivity contribution in [2.75, 3.05) is 7.11 Å². The smallest absolute Gasteiger partial charge is 0.270 e. The van der Waals surface area contributed by atoms with Gasteiger partial charge in [-0.25, -0.2) is 0 Å². The highest BCUT2D eigenvalue weighted by molar-refractivity contribution is 5.49. The Morgan fingerprint density at radius 2 is 2.12 bits per heavy atom. The average Bonchev–Trinajstić information content (AvgIpc) is 2.28. The van der Waals surface area contributed by atoms with Crippen LogP contribution in [0.3, 0.4) is 0 Å². The maximum atomic E-state index is 10.6. The minimum atomic E-state index is -0.822. The molecule has 5 heteroatoms. The first kappa shape index (κ1) is 12.0. The van der Waals surface area contributed by atoms with Crippen LogP contribution >= 0.6 is 0 Å². The van der Waals surface area contributed by atoms with E-state index in [9.17, 15) is 10.1 Å². The van der Waals surface area contributed by atoms with E-state index >= 15 is 0 Å². The standard InChI is InChI=1S/C11H12N2O3/c1-11(2,7-12)9-6-8(13(14)15)4-5-10(9)16-3/h4-6H,1-3H3. The van der Waals surface area contributed by atoms with Crippen molar-refractivity contribution >= 4 is 5.69 Å². The summed E-state index contributed by atoms with van der Waals surface area (Å²) in [6.45, 7) is 3.38. The lowest BCUT2D eigenvalue weighted by molar-refractivity contribution is -0.385. The molecule has 84 valence electrons. The minimum absolute atomic E-state index is 0.0425. The fourth-order valence-corrected chi connectivity index (χ4v) is 1.36. The van der Waals surface area contributed by atoms with E-state index in [1.807, 2.05) is 0 Å². The third-order valence-electron chi connectivity index (χ3n) is 2.35. The third-order valence-corrected chi connectivity index (χ3v) is 2.35. The molecule has 0 aliphatic carbocycles. The van der Waals surface area contributed by atoms with Crippen molar-refractivity contribution in [3.05, 3.63) is 33.9 Å². The Kier molecular flexibility index (Phi) is 3.14. The number of methoxy groups -OCH3 is 1. The minimum Gasteiger partial charge on any atom is -0.496 e. The van der Waals surface area contributed by atoms with Gasteiger partial charge in [-0.1, -0.05) is 0 Å². The Bertz CT molecular complexity index is 461. The van der Waals surface area contributed by atoms with E-state index in [2.05, 4.69) is 6.07 Å². The number of nitrogens with zero attached hydrogens (tertiary/aromatic N) is 2. The van der Waals surface area contributed by atoms with Crippen LogP contribution in [0.15, 0.2) is 18.2 Å². The van der Waals surface area contributed by atoms with Crippen LogP contribution in [0.4, 0.5) is 5.69 Å². The van der Waals surface area contributed by atoms with E-state index in [1.165, 1.54) is 25.3 Å². The summed E-state index contributed by atoms with van der Waals surface area (Å²) in [6, 6.07) is 6.34. The maximum absolute atomic E-state index is 10.6. The van der Waals surface area contributed by atoms with Crippen LogP contribution in [0.2, 0.25) is 0 Å². The summed E-state index contributed by atoms with van der Waals surface area (Å²) in [7, 11) is 1.47. The molecule has 0 atom stereocenters. The summed E-state index contributed by atoms with van der Waals surface area (Å²) in [4.78, 5) is 10.2. The number of hydrogen-bond acceptors (Lipinski definition) is 4. The summed E-state index contributed by atoms with van der Waals surface area (Å²) in [5.41, 5.74) is -0.344. The first-order valence-corrected chi connectivity index (χ1v) is 4.66.